The highest BCUT2D eigenvalue weighted by molar-refractivity contribution is 7.90. The Morgan fingerprint density at radius 2 is 1.79 bits per heavy atom. The second kappa shape index (κ2) is 21.4. The molecule has 356 valence electrons. The fourth-order valence-electron chi connectivity index (χ4n) is 6.34. The number of aromatic carboxylic acids is 1. The summed E-state index contributed by atoms with van der Waals surface area (Å²) in [6, 6.07) is 9.46. The number of carbonyl (C=O) groups excluding carboxylic acids is 2. The van der Waals surface area contributed by atoms with Crippen molar-refractivity contribution in [2.75, 3.05) is 37.6 Å². The topological polar surface area (TPSA) is 229 Å². The van der Waals surface area contributed by atoms with Gasteiger partial charge in [0.1, 0.15) is 28.6 Å². The lowest BCUT2D eigenvalue weighted by molar-refractivity contribution is -0.134. The fraction of sp³-hybridized carbons (Fsp3) is 0.317. The lowest BCUT2D eigenvalue weighted by atomic mass is 9.92. The van der Waals surface area contributed by atoms with E-state index in [0.29, 0.717) is 16.2 Å². The zero-order valence-electron chi connectivity index (χ0n) is 35.9. The monoisotopic (exact) mass is 1010 g/mol. The van der Waals surface area contributed by atoms with Crippen LogP contribution in [0.3, 0.4) is 0 Å². The molecule has 5 aromatic rings. The Morgan fingerprint density at radius 3 is 2.43 bits per heavy atom. The van der Waals surface area contributed by atoms with Crippen LogP contribution in [-0.2, 0) is 34.2 Å². The van der Waals surface area contributed by atoms with Crippen molar-refractivity contribution in [1.82, 2.24) is 28.6 Å². The number of terminal acetylenes is 1. The molecule has 0 aliphatic carbocycles. The third-order valence-corrected chi connectivity index (χ3v) is 12.0. The number of alkyl halides is 3. The molecule has 26 heteroatoms. The average molecular weight is 1010 g/mol. The van der Waals surface area contributed by atoms with Gasteiger partial charge in [0.25, 0.3) is 15.9 Å². The first-order valence-electron chi connectivity index (χ1n) is 19.3. The number of hydrogen-bond donors (Lipinski definition) is 3. The Kier molecular flexibility index (Phi) is 16.4. The Balaban J connectivity index is 0.000000200. The van der Waals surface area contributed by atoms with Gasteiger partial charge in [0.2, 0.25) is 10.7 Å². The highest BCUT2D eigenvalue weighted by Crippen LogP contribution is 2.38. The van der Waals surface area contributed by atoms with Crippen molar-refractivity contribution in [2.45, 2.75) is 57.7 Å². The molecule has 2 aromatic heterocycles. The first kappa shape index (κ1) is 51.4. The number of nitrogens with one attached hydrogen (secondary N) is 2. The van der Waals surface area contributed by atoms with Gasteiger partial charge in [0.15, 0.2) is 18.2 Å². The standard InChI is InChI=1S/C18H17FN4O2S.C15H16F3N5O4S.C8H6Cl2O3/c1-4-5-22-13-7-12(11(19)6-14(13)25-9-16(22)24)20-17-23-10-18(2,3)8-15(23)21-26-17;1-9-19-12(22-14(20-9)27-2)21-13(24)23-28(25,26)11-6-4-3-5-10(11)7-8-15(16,17)18;1-13-7-5(10)3-2-4(9)6(7)8(11)12/h1,6-7H,5,8-10H2,2-3H3;3-6H,7-8H2,1-2H3,(H2,19,20,21,22,23,24);2-3H,1H3,(H,11,12). The second-order valence-electron chi connectivity index (χ2n) is 14.9. The van der Waals surface area contributed by atoms with Crippen molar-refractivity contribution in [2.24, 2.45) is 10.4 Å². The average Bonchev–Trinajstić information content (AvgIpc) is 3.76. The van der Waals surface area contributed by atoms with Gasteiger partial charge in [-0.05, 0) is 48.6 Å². The molecule has 0 radical (unpaired) electrons. The van der Waals surface area contributed by atoms with Crippen LogP contribution >= 0.6 is 34.7 Å². The van der Waals surface area contributed by atoms with Crippen LogP contribution in [0, 0.1) is 30.5 Å². The number of carbonyl (C=O) groups is 3. The van der Waals surface area contributed by atoms with Crippen LogP contribution in [0.1, 0.15) is 47.8 Å². The number of carboxylic acid groups (broad SMARTS) is 1. The summed E-state index contributed by atoms with van der Waals surface area (Å²) in [6.45, 7) is 6.56. The fourth-order valence-corrected chi connectivity index (χ4v) is 8.74. The van der Waals surface area contributed by atoms with Gasteiger partial charge in [-0.1, -0.05) is 61.2 Å². The maximum atomic E-state index is 14.5. The number of methoxy groups -OCH3 is 2. The predicted molar refractivity (Wildman–Crippen MR) is 237 cm³/mol. The molecule has 0 atom stereocenters. The van der Waals surface area contributed by atoms with Crippen LogP contribution in [0.15, 0.2) is 58.4 Å². The molecule has 2 aliphatic rings. The van der Waals surface area contributed by atoms with E-state index >= 15 is 0 Å². The quantitative estimate of drug-likeness (QED) is 0.0934. The van der Waals surface area contributed by atoms with Crippen LogP contribution in [0.4, 0.5) is 39.7 Å². The van der Waals surface area contributed by atoms with Gasteiger partial charge in [-0.15, -0.1) is 6.42 Å². The Hall–Kier alpha value is -6.55. The van der Waals surface area contributed by atoms with E-state index in [1.807, 2.05) is 4.57 Å². The van der Waals surface area contributed by atoms with E-state index in [1.54, 1.807) is 4.72 Å². The number of carboxylic acids is 1. The van der Waals surface area contributed by atoms with Crippen molar-refractivity contribution in [3.8, 4) is 29.9 Å². The van der Waals surface area contributed by atoms with Crippen LogP contribution in [0.25, 0.3) is 0 Å². The number of fused-ring (bicyclic) bond motifs is 2. The zero-order chi connectivity index (χ0) is 49.4. The minimum Gasteiger partial charge on any atom is -0.494 e. The third kappa shape index (κ3) is 13.3. The SMILES string of the molecule is C#CCN1C(=O)COc2cc(F)c(N=c3snc4n3CC(C)(C)C4)cc21.COc1c(Cl)ccc(Cl)c1C(=O)O.COc1nc(C)nc(NC(=O)NS(=O)(=O)c2ccccc2CCC(F)(F)F)n1. The molecule has 0 saturated heterocycles. The van der Waals surface area contributed by atoms with E-state index < -0.39 is 51.8 Å². The van der Waals surface area contributed by atoms with Crippen LogP contribution in [0.2, 0.25) is 10.0 Å². The number of sulfonamides is 1. The molecule has 0 fully saturated rings. The summed E-state index contributed by atoms with van der Waals surface area (Å²) in [7, 11) is -1.81. The predicted octanol–water partition coefficient (Wildman–Crippen LogP) is 7.15. The molecule has 67 heavy (non-hydrogen) atoms. The number of urea groups is 1. The first-order valence-corrected chi connectivity index (χ1v) is 22.3. The summed E-state index contributed by atoms with van der Waals surface area (Å²) in [5, 5.41) is 11.2. The molecule has 4 heterocycles. The number of amides is 3. The van der Waals surface area contributed by atoms with Crippen molar-refractivity contribution in [3.63, 3.8) is 0 Å². The number of anilines is 2. The normalized spacial score (nSPS) is 13.9. The molecule has 0 saturated carbocycles. The minimum absolute atomic E-state index is 0.0715. The molecule has 0 unspecified atom stereocenters. The largest absolute Gasteiger partial charge is 0.494 e. The molecular weight excluding hydrogens is 974 g/mol. The van der Waals surface area contributed by atoms with Gasteiger partial charge in [-0.3, -0.25) is 15.0 Å². The summed E-state index contributed by atoms with van der Waals surface area (Å²) in [6.07, 6.45) is 0.0207. The van der Waals surface area contributed by atoms with E-state index in [2.05, 4.69) is 49.4 Å². The maximum absolute atomic E-state index is 14.5. The number of aryl methyl sites for hydroxylation is 2. The van der Waals surface area contributed by atoms with E-state index in [1.165, 1.54) is 80.0 Å². The summed E-state index contributed by atoms with van der Waals surface area (Å²) in [5.41, 5.74) is 0.492. The van der Waals surface area contributed by atoms with Crippen molar-refractivity contribution in [1.29, 1.82) is 0 Å². The lowest BCUT2D eigenvalue weighted by Crippen LogP contribution is -2.39. The molecule has 7 rings (SSSR count). The molecule has 0 bridgehead atoms. The zero-order valence-corrected chi connectivity index (χ0v) is 39.0. The van der Waals surface area contributed by atoms with Crippen LogP contribution in [0.5, 0.6) is 17.5 Å². The molecule has 3 aromatic carbocycles. The van der Waals surface area contributed by atoms with Crippen molar-refractivity contribution >= 4 is 80.0 Å². The number of rotatable bonds is 10. The van der Waals surface area contributed by atoms with E-state index in [-0.39, 0.29) is 74.9 Å². The van der Waals surface area contributed by atoms with Crippen LogP contribution < -0.4 is 34.0 Å². The summed E-state index contributed by atoms with van der Waals surface area (Å²) in [5.74, 6) is 1.79. The summed E-state index contributed by atoms with van der Waals surface area (Å²) < 4.78 is 99.9. The van der Waals surface area contributed by atoms with Gasteiger partial charge < -0.3 is 23.9 Å². The van der Waals surface area contributed by atoms with Crippen molar-refractivity contribution < 1.29 is 59.7 Å². The van der Waals surface area contributed by atoms with E-state index in [4.69, 9.17) is 48.9 Å². The number of halogens is 6. The Labute approximate surface area is 394 Å². The molecule has 3 N–H and O–H groups in total. The lowest BCUT2D eigenvalue weighted by Gasteiger charge is -2.28. The number of hydrogen-bond acceptors (Lipinski definition) is 14. The smallest absolute Gasteiger partial charge is 0.389 e. The number of aromatic nitrogens is 5. The molecule has 0 spiro atoms. The molecular formula is C41H39Cl2F4N9O9S2. The maximum Gasteiger partial charge on any atom is 0.389 e. The van der Waals surface area contributed by atoms with Gasteiger partial charge in [0, 0.05) is 37.0 Å². The number of ether oxygens (including phenoxy) is 3. The molecule has 2 aliphatic heterocycles. The first-order chi connectivity index (χ1) is 31.4. The molecule has 3 amide bonds. The van der Waals surface area contributed by atoms with Crippen molar-refractivity contribution in [3.05, 3.63) is 92.0 Å². The highest BCUT2D eigenvalue weighted by Gasteiger charge is 2.32. The summed E-state index contributed by atoms with van der Waals surface area (Å²) >= 11 is 12.6. The minimum atomic E-state index is -4.45. The van der Waals surface area contributed by atoms with Gasteiger partial charge in [0.05, 0.1) is 41.4 Å². The third-order valence-electron chi connectivity index (χ3n) is 9.21. The van der Waals surface area contributed by atoms with Gasteiger partial charge in [-0.2, -0.15) is 32.5 Å². The second-order valence-corrected chi connectivity index (χ2v) is 18.1. The molecule has 18 nitrogen and oxygen atoms in total. The summed E-state index contributed by atoms with van der Waals surface area (Å²) in [4.78, 5) is 52.2. The van der Waals surface area contributed by atoms with E-state index in [0.717, 1.165) is 24.9 Å². The van der Waals surface area contributed by atoms with Gasteiger partial charge >= 0.3 is 24.2 Å². The Bertz CT molecular complexity index is 2930. The van der Waals surface area contributed by atoms with Gasteiger partial charge in [-0.25, -0.2) is 32.1 Å². The van der Waals surface area contributed by atoms with E-state index in [9.17, 15) is 40.4 Å². The Morgan fingerprint density at radius 1 is 1.09 bits per heavy atom. The van der Waals surface area contributed by atoms with Crippen LogP contribution in [-0.4, -0.2) is 88.9 Å². The highest BCUT2D eigenvalue weighted by atomic mass is 35.5. The number of nitrogens with zero attached hydrogens (tertiary/aromatic N) is 7. The number of benzene rings is 3.